The van der Waals surface area contributed by atoms with Gasteiger partial charge in [0.05, 0.1) is 12.5 Å². The van der Waals surface area contributed by atoms with Crippen molar-refractivity contribution in [1.29, 1.82) is 0 Å². The second kappa shape index (κ2) is 7.43. The fourth-order valence-corrected chi connectivity index (χ4v) is 3.54. The number of aliphatic hydroxyl groups is 2. The van der Waals surface area contributed by atoms with Crippen LogP contribution in [0.4, 0.5) is 5.69 Å². The number of nitrogens with zero attached hydrogens (tertiary/aromatic N) is 1. The maximum absolute atomic E-state index is 12.3. The van der Waals surface area contributed by atoms with E-state index in [1.165, 1.54) is 4.90 Å². The molecule has 1 atom stereocenters. The lowest BCUT2D eigenvalue weighted by Gasteiger charge is -2.34. The number of hydrogen-bond donors (Lipinski definition) is 3. The molecule has 5 heteroatoms. The fourth-order valence-electron chi connectivity index (χ4n) is 3.54. The molecule has 2 aromatic rings. The number of hydrogen-bond acceptors (Lipinski definition) is 5. The van der Waals surface area contributed by atoms with Crippen LogP contribution in [0, 0.1) is 0 Å². The molecule has 3 N–H and O–H groups in total. The second-order valence-corrected chi connectivity index (χ2v) is 8.13. The number of para-hydroxylation sites is 1. The summed E-state index contributed by atoms with van der Waals surface area (Å²) >= 11 is 0. The zero-order chi connectivity index (χ0) is 19.7. The van der Waals surface area contributed by atoms with Crippen molar-refractivity contribution in [2.45, 2.75) is 44.6 Å². The van der Waals surface area contributed by atoms with Crippen molar-refractivity contribution in [2.24, 2.45) is 0 Å². The number of ketones is 1. The summed E-state index contributed by atoms with van der Waals surface area (Å²) in [6.07, 6.45) is 0.238. The standard InChI is InChI=1S/C22H28N2O3/c1-21(2,3)23-15-17(25)13-14-24-19-12-8-7-11-18(19)20(22(24,26)27)16-9-5-4-6-10-16/h4-12,20,23,26-27H,13-15H2,1-3H3. The van der Waals surface area contributed by atoms with Crippen LogP contribution in [0.1, 0.15) is 44.2 Å². The van der Waals surface area contributed by atoms with Crippen molar-refractivity contribution in [1.82, 2.24) is 5.32 Å². The van der Waals surface area contributed by atoms with Crippen LogP contribution in [0.15, 0.2) is 54.6 Å². The molecule has 0 radical (unpaired) electrons. The lowest BCUT2D eigenvalue weighted by Crippen LogP contribution is -2.50. The van der Waals surface area contributed by atoms with E-state index in [-0.39, 0.29) is 30.8 Å². The number of anilines is 1. The lowest BCUT2D eigenvalue weighted by atomic mass is 9.90. The Balaban J connectivity index is 1.81. The molecule has 1 aliphatic rings. The van der Waals surface area contributed by atoms with Gasteiger partial charge in [-0.05, 0) is 38.0 Å². The summed E-state index contributed by atoms with van der Waals surface area (Å²) in [5.74, 6) is -2.62. The van der Waals surface area contributed by atoms with Gasteiger partial charge in [-0.1, -0.05) is 48.5 Å². The molecule has 0 aromatic heterocycles. The van der Waals surface area contributed by atoms with Gasteiger partial charge in [-0.25, -0.2) is 0 Å². The van der Waals surface area contributed by atoms with Crippen LogP contribution in [0.2, 0.25) is 0 Å². The third-order valence-electron chi connectivity index (χ3n) is 4.89. The zero-order valence-corrected chi connectivity index (χ0v) is 16.1. The number of fused-ring (bicyclic) bond motifs is 1. The van der Waals surface area contributed by atoms with E-state index >= 15 is 0 Å². The smallest absolute Gasteiger partial charge is 0.258 e. The van der Waals surface area contributed by atoms with Crippen molar-refractivity contribution < 1.29 is 15.0 Å². The molecule has 3 rings (SSSR count). The van der Waals surface area contributed by atoms with E-state index in [9.17, 15) is 15.0 Å². The molecule has 0 spiro atoms. The number of nitrogens with one attached hydrogen (secondary N) is 1. The van der Waals surface area contributed by atoms with Crippen LogP contribution in [-0.4, -0.2) is 40.5 Å². The number of Topliss-reactive ketones (excluding diaryl/α,β-unsaturated/α-hetero) is 1. The highest BCUT2D eigenvalue weighted by Gasteiger charge is 2.50. The first-order valence-electron chi connectivity index (χ1n) is 9.33. The summed E-state index contributed by atoms with van der Waals surface area (Å²) < 4.78 is 0. The molecule has 0 saturated carbocycles. The minimum absolute atomic E-state index is 0.0429. The van der Waals surface area contributed by atoms with E-state index in [0.29, 0.717) is 0 Å². The highest BCUT2D eigenvalue weighted by molar-refractivity contribution is 5.81. The van der Waals surface area contributed by atoms with Crippen molar-refractivity contribution in [3.8, 4) is 0 Å². The van der Waals surface area contributed by atoms with E-state index in [1.807, 2.05) is 75.4 Å². The van der Waals surface area contributed by atoms with Gasteiger partial charge >= 0.3 is 0 Å². The molecule has 1 unspecified atom stereocenters. The van der Waals surface area contributed by atoms with Crippen molar-refractivity contribution >= 4 is 11.5 Å². The Morgan fingerprint density at radius 2 is 1.70 bits per heavy atom. The monoisotopic (exact) mass is 368 g/mol. The number of benzene rings is 2. The van der Waals surface area contributed by atoms with E-state index in [1.54, 1.807) is 0 Å². The minimum Gasteiger partial charge on any atom is -0.348 e. The lowest BCUT2D eigenvalue weighted by molar-refractivity contribution is -0.164. The van der Waals surface area contributed by atoms with Crippen molar-refractivity contribution in [2.75, 3.05) is 18.0 Å². The van der Waals surface area contributed by atoms with Gasteiger partial charge in [0.25, 0.3) is 5.91 Å². The van der Waals surface area contributed by atoms with Gasteiger partial charge in [-0.15, -0.1) is 0 Å². The average molecular weight is 368 g/mol. The van der Waals surface area contributed by atoms with Crippen LogP contribution >= 0.6 is 0 Å². The predicted molar refractivity (Wildman–Crippen MR) is 107 cm³/mol. The maximum atomic E-state index is 12.3. The maximum Gasteiger partial charge on any atom is 0.258 e. The van der Waals surface area contributed by atoms with Gasteiger partial charge in [0.1, 0.15) is 5.78 Å². The predicted octanol–water partition coefficient (Wildman–Crippen LogP) is 2.62. The van der Waals surface area contributed by atoms with E-state index in [2.05, 4.69) is 5.32 Å². The van der Waals surface area contributed by atoms with Crippen LogP contribution in [0.5, 0.6) is 0 Å². The van der Waals surface area contributed by atoms with Crippen LogP contribution < -0.4 is 10.2 Å². The Hall–Kier alpha value is -2.21. The molecule has 1 heterocycles. The summed E-state index contributed by atoms with van der Waals surface area (Å²) in [5.41, 5.74) is 2.31. The molecule has 1 aliphatic heterocycles. The second-order valence-electron chi connectivity index (χ2n) is 8.13. The average Bonchev–Trinajstić information content (AvgIpc) is 2.84. The van der Waals surface area contributed by atoms with Crippen LogP contribution in [-0.2, 0) is 4.79 Å². The first-order valence-corrected chi connectivity index (χ1v) is 9.33. The fraction of sp³-hybridized carbons (Fsp3) is 0.409. The first-order chi connectivity index (χ1) is 12.7. The molecule has 27 heavy (non-hydrogen) atoms. The number of carbonyl (C=O) groups excluding carboxylic acids is 1. The zero-order valence-electron chi connectivity index (χ0n) is 16.1. The summed E-state index contributed by atoms with van der Waals surface area (Å²) in [5, 5.41) is 25.2. The van der Waals surface area contributed by atoms with Crippen LogP contribution in [0.25, 0.3) is 0 Å². The van der Waals surface area contributed by atoms with Crippen molar-refractivity contribution in [3.05, 3.63) is 65.7 Å². The largest absolute Gasteiger partial charge is 0.348 e. The molecule has 0 bridgehead atoms. The number of rotatable bonds is 6. The quantitative estimate of drug-likeness (QED) is 0.684. The van der Waals surface area contributed by atoms with Crippen LogP contribution in [0.3, 0.4) is 0 Å². The van der Waals surface area contributed by atoms with E-state index in [0.717, 1.165) is 16.8 Å². The van der Waals surface area contributed by atoms with Gasteiger partial charge in [-0.2, -0.15) is 0 Å². The summed E-state index contributed by atoms with van der Waals surface area (Å²) in [7, 11) is 0. The topological polar surface area (TPSA) is 72.8 Å². The molecule has 0 saturated heterocycles. The molecule has 5 nitrogen and oxygen atoms in total. The number of carbonyl (C=O) groups is 1. The first kappa shape index (κ1) is 19.5. The van der Waals surface area contributed by atoms with E-state index < -0.39 is 11.8 Å². The molecular formula is C22H28N2O3. The normalized spacial score (nSPS) is 18.4. The van der Waals surface area contributed by atoms with Gasteiger partial charge in [0, 0.05) is 24.2 Å². The molecule has 144 valence electrons. The molecule has 0 amide bonds. The SMILES string of the molecule is CC(C)(C)NCC(=O)CCN1c2ccccc2C(c2ccccc2)C1(O)O. The third kappa shape index (κ3) is 4.21. The Bertz CT molecular complexity index is 797. The van der Waals surface area contributed by atoms with Gasteiger partial charge in [0.15, 0.2) is 0 Å². The Morgan fingerprint density at radius 1 is 1.07 bits per heavy atom. The third-order valence-corrected chi connectivity index (χ3v) is 4.89. The Morgan fingerprint density at radius 3 is 2.37 bits per heavy atom. The Labute approximate surface area is 160 Å². The van der Waals surface area contributed by atoms with Crippen molar-refractivity contribution in [3.63, 3.8) is 0 Å². The Kier molecular flexibility index (Phi) is 5.38. The van der Waals surface area contributed by atoms with E-state index in [4.69, 9.17) is 0 Å². The van der Waals surface area contributed by atoms with Gasteiger partial charge in [-0.3, -0.25) is 4.79 Å². The highest BCUT2D eigenvalue weighted by atomic mass is 16.5. The molecule has 0 fully saturated rings. The summed E-state index contributed by atoms with van der Waals surface area (Å²) in [4.78, 5) is 13.8. The minimum atomic E-state index is -2.08. The molecule has 2 aromatic carbocycles. The molecular weight excluding hydrogens is 340 g/mol. The molecule has 0 aliphatic carbocycles. The van der Waals surface area contributed by atoms with Gasteiger partial charge in [0.2, 0.25) is 0 Å². The highest BCUT2D eigenvalue weighted by Crippen LogP contribution is 2.48. The van der Waals surface area contributed by atoms with Gasteiger partial charge < -0.3 is 20.4 Å². The summed E-state index contributed by atoms with van der Waals surface area (Å²) in [6, 6.07) is 17.0. The summed E-state index contributed by atoms with van der Waals surface area (Å²) in [6.45, 7) is 6.54.